The maximum absolute atomic E-state index is 12.7. The first kappa shape index (κ1) is 24.7. The van der Waals surface area contributed by atoms with E-state index in [4.69, 9.17) is 10.6 Å². The van der Waals surface area contributed by atoms with Crippen LogP contribution in [-0.4, -0.2) is 34.0 Å². The number of ether oxygens (including phenoxy) is 1. The lowest BCUT2D eigenvalue weighted by Gasteiger charge is -2.26. The Kier molecular flexibility index (Phi) is 8.16. The molecule has 0 unspecified atom stereocenters. The van der Waals surface area contributed by atoms with Crippen molar-refractivity contribution in [1.82, 2.24) is 9.88 Å². The van der Waals surface area contributed by atoms with Crippen LogP contribution in [0.2, 0.25) is 0 Å². The van der Waals surface area contributed by atoms with Gasteiger partial charge in [-0.1, -0.05) is 48.6 Å². The van der Waals surface area contributed by atoms with Crippen LogP contribution < -0.4 is 10.9 Å². The second-order valence-corrected chi connectivity index (χ2v) is 8.76. The summed E-state index contributed by atoms with van der Waals surface area (Å²) in [5, 5.41) is 1.13. The monoisotopic (exact) mass is 458 g/mol. The highest BCUT2D eigenvalue weighted by molar-refractivity contribution is 6.05. The number of amides is 2. The molecule has 0 saturated carbocycles. The highest BCUT2D eigenvalue weighted by Gasteiger charge is 2.21. The fourth-order valence-corrected chi connectivity index (χ4v) is 3.14. The Morgan fingerprint density at radius 2 is 1.71 bits per heavy atom. The molecule has 0 aliphatic heterocycles. The van der Waals surface area contributed by atoms with Crippen LogP contribution >= 0.6 is 0 Å². The van der Waals surface area contributed by atoms with Gasteiger partial charge in [0.15, 0.2) is 0 Å². The summed E-state index contributed by atoms with van der Waals surface area (Å²) in [7, 11) is 0. The normalized spacial score (nSPS) is 11.3. The van der Waals surface area contributed by atoms with Crippen molar-refractivity contribution in [1.29, 1.82) is 0 Å². The Hall–Kier alpha value is -3.97. The van der Waals surface area contributed by atoms with Gasteiger partial charge in [0, 0.05) is 24.5 Å². The molecule has 7 nitrogen and oxygen atoms in total. The minimum Gasteiger partial charge on any atom is -0.444 e. The number of hydrogen-bond donors (Lipinski definition) is 1. The third kappa shape index (κ3) is 7.28. The predicted molar refractivity (Wildman–Crippen MR) is 134 cm³/mol. The van der Waals surface area contributed by atoms with Gasteiger partial charge in [0.1, 0.15) is 5.60 Å². The van der Waals surface area contributed by atoms with Crippen LogP contribution in [0.4, 0.5) is 10.5 Å². The largest absolute Gasteiger partial charge is 0.444 e. The van der Waals surface area contributed by atoms with Crippen LogP contribution in [0.1, 0.15) is 42.3 Å². The summed E-state index contributed by atoms with van der Waals surface area (Å²) in [6.07, 6.45) is 6.81. The Balaban J connectivity index is 1.66. The van der Waals surface area contributed by atoms with Crippen molar-refractivity contribution in [3.8, 4) is 0 Å². The molecular weight excluding hydrogens is 428 g/mol. The van der Waals surface area contributed by atoms with Gasteiger partial charge in [-0.3, -0.25) is 9.78 Å². The molecule has 0 atom stereocenters. The molecule has 7 heteroatoms. The van der Waals surface area contributed by atoms with Gasteiger partial charge in [-0.15, -0.1) is 0 Å². The molecule has 176 valence electrons. The summed E-state index contributed by atoms with van der Waals surface area (Å²) in [5.41, 5.74) is 2.31. The summed E-state index contributed by atoms with van der Waals surface area (Å²) >= 11 is 0. The lowest BCUT2D eigenvalue weighted by molar-refractivity contribution is 0.0256. The number of carbonyl (C=O) groups excluding carboxylic acids is 2. The van der Waals surface area contributed by atoms with Crippen molar-refractivity contribution < 1.29 is 14.3 Å². The molecule has 1 aromatic heterocycles. The summed E-state index contributed by atoms with van der Waals surface area (Å²) in [6, 6.07) is 19.9. The maximum atomic E-state index is 12.7. The summed E-state index contributed by atoms with van der Waals surface area (Å²) < 4.78 is 5.55. The zero-order chi connectivity index (χ0) is 24.6. The van der Waals surface area contributed by atoms with Crippen molar-refractivity contribution in [2.45, 2.75) is 32.9 Å². The lowest BCUT2D eigenvalue weighted by Crippen LogP contribution is -2.37. The molecule has 34 heavy (non-hydrogen) atoms. The van der Waals surface area contributed by atoms with E-state index in [0.717, 1.165) is 16.1 Å². The number of rotatable bonds is 7. The molecule has 2 amide bonds. The van der Waals surface area contributed by atoms with Crippen LogP contribution in [0.5, 0.6) is 0 Å². The highest BCUT2D eigenvalue weighted by atomic mass is 16.6. The molecule has 1 heterocycles. The molecule has 3 aromatic rings. The number of nitrogens with zero attached hydrogens (tertiary/aromatic N) is 3. The minimum absolute atomic E-state index is 0.297. The molecule has 2 aromatic carbocycles. The number of aromatic nitrogens is 1. The Bertz CT molecular complexity index is 1110. The number of anilines is 1. The van der Waals surface area contributed by atoms with Crippen LogP contribution in [0.3, 0.4) is 0 Å². The number of para-hydroxylation sites is 1. The fourth-order valence-electron chi connectivity index (χ4n) is 3.14. The van der Waals surface area contributed by atoms with Crippen LogP contribution in [0.25, 0.3) is 6.08 Å². The van der Waals surface area contributed by atoms with Crippen molar-refractivity contribution in [2.75, 3.05) is 11.6 Å². The molecule has 2 N–H and O–H groups in total. The van der Waals surface area contributed by atoms with Gasteiger partial charge in [0.2, 0.25) is 0 Å². The molecule has 0 fully saturated rings. The third-order valence-corrected chi connectivity index (χ3v) is 4.79. The minimum atomic E-state index is -0.590. The van der Waals surface area contributed by atoms with Gasteiger partial charge in [-0.2, -0.15) is 0 Å². The van der Waals surface area contributed by atoms with Gasteiger partial charge >= 0.3 is 6.09 Å². The van der Waals surface area contributed by atoms with Gasteiger partial charge < -0.3 is 9.64 Å². The molecular formula is C27H30N4O3. The lowest BCUT2D eigenvalue weighted by atomic mass is 10.1. The third-order valence-electron chi connectivity index (χ3n) is 4.79. The summed E-state index contributed by atoms with van der Waals surface area (Å²) in [4.78, 5) is 31.1. The van der Waals surface area contributed by atoms with E-state index < -0.39 is 11.7 Å². The maximum Gasteiger partial charge on any atom is 0.410 e. The standard InChI is InChI=1S/C27H30N4O3/c1-27(2,3)34-26(33)30(20-22-9-7-17-29-19-22)18-8-10-21-13-15-23(16-14-21)25(32)31(28)24-11-5-4-6-12-24/h4-17,19H,18,20,28H2,1-3H3. The van der Waals surface area contributed by atoms with Gasteiger partial charge in [0.05, 0.1) is 12.2 Å². The topological polar surface area (TPSA) is 88.8 Å². The van der Waals surface area contributed by atoms with Gasteiger partial charge in [-0.05, 0) is 62.2 Å². The molecule has 0 aliphatic rings. The first-order chi connectivity index (χ1) is 16.2. The highest BCUT2D eigenvalue weighted by Crippen LogP contribution is 2.15. The Morgan fingerprint density at radius 3 is 2.32 bits per heavy atom. The average molecular weight is 459 g/mol. The van der Waals surface area contributed by atoms with Crippen molar-refractivity contribution >= 4 is 23.8 Å². The van der Waals surface area contributed by atoms with E-state index in [-0.39, 0.29) is 5.91 Å². The molecule has 0 aliphatic carbocycles. The van der Waals surface area contributed by atoms with Crippen LogP contribution in [0.15, 0.2) is 85.2 Å². The predicted octanol–water partition coefficient (Wildman–Crippen LogP) is 5.05. The Labute approximate surface area is 200 Å². The smallest absolute Gasteiger partial charge is 0.410 e. The van der Waals surface area contributed by atoms with E-state index in [1.807, 2.05) is 75.4 Å². The average Bonchev–Trinajstić information content (AvgIpc) is 2.83. The Morgan fingerprint density at radius 1 is 1.00 bits per heavy atom. The number of carbonyl (C=O) groups is 2. The molecule has 0 spiro atoms. The van der Waals surface area contributed by atoms with E-state index in [0.29, 0.717) is 24.3 Å². The number of hydrazine groups is 1. The van der Waals surface area contributed by atoms with Gasteiger partial charge in [0.25, 0.3) is 5.91 Å². The summed E-state index contributed by atoms with van der Waals surface area (Å²) in [5.74, 6) is 5.68. The quantitative estimate of drug-likeness (QED) is 0.304. The molecule has 3 rings (SSSR count). The number of nitrogens with two attached hydrogens (primary N) is 1. The SMILES string of the molecule is CC(C)(C)OC(=O)N(CC=Cc1ccc(C(=O)N(N)c2ccccc2)cc1)Cc1cccnc1. The number of benzene rings is 2. The van der Waals surface area contributed by atoms with Crippen LogP contribution in [0, 0.1) is 0 Å². The summed E-state index contributed by atoms with van der Waals surface area (Å²) in [6.45, 7) is 6.26. The first-order valence-electron chi connectivity index (χ1n) is 11.0. The van der Waals surface area contributed by atoms with Crippen molar-refractivity contribution in [3.05, 3.63) is 102 Å². The molecule has 0 saturated heterocycles. The van der Waals surface area contributed by atoms with Gasteiger partial charge in [-0.25, -0.2) is 15.6 Å². The number of pyridine rings is 1. The van der Waals surface area contributed by atoms with E-state index in [1.54, 1.807) is 41.6 Å². The second kappa shape index (κ2) is 11.2. The van der Waals surface area contributed by atoms with E-state index in [2.05, 4.69) is 4.98 Å². The zero-order valence-electron chi connectivity index (χ0n) is 19.7. The zero-order valence-corrected chi connectivity index (χ0v) is 19.7. The van der Waals surface area contributed by atoms with Crippen molar-refractivity contribution in [3.63, 3.8) is 0 Å². The van der Waals surface area contributed by atoms with Crippen LogP contribution in [-0.2, 0) is 11.3 Å². The van der Waals surface area contributed by atoms with Crippen molar-refractivity contribution in [2.24, 2.45) is 5.84 Å². The molecule has 0 bridgehead atoms. The van der Waals surface area contributed by atoms with E-state index >= 15 is 0 Å². The second-order valence-electron chi connectivity index (χ2n) is 8.76. The fraction of sp³-hybridized carbons (Fsp3) is 0.222. The van der Waals surface area contributed by atoms with E-state index in [9.17, 15) is 9.59 Å². The van der Waals surface area contributed by atoms with E-state index in [1.165, 1.54) is 0 Å². The first-order valence-corrected chi connectivity index (χ1v) is 11.0. The molecule has 0 radical (unpaired) electrons. The number of hydrogen-bond acceptors (Lipinski definition) is 5.